The minimum Gasteiger partial charge on any atom is -0.322 e. The van der Waals surface area contributed by atoms with E-state index in [1.54, 1.807) is 29.5 Å². The molecule has 3 aromatic rings. The molecule has 2 N–H and O–H groups in total. The molecule has 4 rings (SSSR count). The van der Waals surface area contributed by atoms with Gasteiger partial charge in [0.25, 0.3) is 0 Å². The minimum atomic E-state index is -0.377. The molecule has 2 aromatic carbocycles. The lowest BCUT2D eigenvalue weighted by Gasteiger charge is -2.16. The zero-order valence-corrected chi connectivity index (χ0v) is 15.2. The molecule has 0 saturated carbocycles. The summed E-state index contributed by atoms with van der Waals surface area (Å²) in [5.74, 6) is -0.531. The Morgan fingerprint density at radius 3 is 2.88 bits per heavy atom. The van der Waals surface area contributed by atoms with Crippen LogP contribution in [0.4, 0.5) is 10.1 Å². The van der Waals surface area contributed by atoms with E-state index < -0.39 is 0 Å². The number of rotatable bonds is 3. The van der Waals surface area contributed by atoms with Crippen LogP contribution in [0.25, 0.3) is 21.2 Å². The second kappa shape index (κ2) is 7.56. The van der Waals surface area contributed by atoms with E-state index in [1.807, 2.05) is 29.6 Å². The predicted octanol–water partition coefficient (Wildman–Crippen LogP) is 5.18. The minimum absolute atomic E-state index is 0.155. The number of halogens is 1. The van der Waals surface area contributed by atoms with E-state index in [4.69, 9.17) is 0 Å². The first-order valence-corrected chi connectivity index (χ1v) is 9.91. The van der Waals surface area contributed by atoms with Gasteiger partial charge in [-0.25, -0.2) is 4.39 Å². The number of hydrogen-bond acceptors (Lipinski definition) is 3. The third-order valence-corrected chi connectivity index (χ3v) is 5.87. The largest absolute Gasteiger partial charge is 0.322 e. The maximum absolute atomic E-state index is 15.1. The van der Waals surface area contributed by atoms with Gasteiger partial charge in [-0.15, -0.1) is 11.3 Å². The van der Waals surface area contributed by atoms with Crippen molar-refractivity contribution in [1.82, 2.24) is 5.32 Å². The van der Waals surface area contributed by atoms with Gasteiger partial charge < -0.3 is 10.6 Å². The van der Waals surface area contributed by atoms with Gasteiger partial charge >= 0.3 is 0 Å². The summed E-state index contributed by atoms with van der Waals surface area (Å²) < 4.78 is 16.3. The molecule has 1 fully saturated rings. The average molecular weight is 368 g/mol. The smallest absolute Gasteiger partial charge is 0.241 e. The highest BCUT2D eigenvalue weighted by atomic mass is 32.1. The Morgan fingerprint density at radius 2 is 1.96 bits per heavy atom. The van der Waals surface area contributed by atoms with Crippen molar-refractivity contribution in [2.45, 2.75) is 31.7 Å². The van der Waals surface area contributed by atoms with Crippen LogP contribution in [0.3, 0.4) is 0 Å². The molecule has 1 aromatic heterocycles. The summed E-state index contributed by atoms with van der Waals surface area (Å²) in [5, 5.41) is 9.05. The van der Waals surface area contributed by atoms with Crippen molar-refractivity contribution in [3.05, 3.63) is 53.7 Å². The number of carbonyl (C=O) groups is 1. The fourth-order valence-corrected chi connectivity index (χ4v) is 4.46. The Bertz CT molecular complexity index is 929. The highest BCUT2D eigenvalue weighted by molar-refractivity contribution is 7.17. The normalized spacial score (nSPS) is 17.8. The fourth-order valence-electron chi connectivity index (χ4n) is 3.50. The summed E-state index contributed by atoms with van der Waals surface area (Å²) in [6, 6.07) is 12.9. The zero-order valence-electron chi connectivity index (χ0n) is 14.4. The van der Waals surface area contributed by atoms with Crippen molar-refractivity contribution in [3.8, 4) is 11.1 Å². The van der Waals surface area contributed by atoms with Crippen molar-refractivity contribution in [1.29, 1.82) is 0 Å². The SMILES string of the molecule is O=C(Nc1cccc(-c2csc3ccccc23)c1F)[C@@H]1CCCCCN1. The summed E-state index contributed by atoms with van der Waals surface area (Å²) in [6.07, 6.45) is 4.03. The Hall–Kier alpha value is -2.24. The molecule has 1 amide bonds. The standard InChI is InChI=1S/C21H21FN2OS/c22-20-15(16-13-26-19-11-4-3-7-14(16)19)8-6-10-17(20)24-21(25)18-9-2-1-5-12-23-18/h3-4,6-8,10-11,13,18,23H,1-2,5,9,12H2,(H,24,25)/t18-/m0/s1. The number of benzene rings is 2. The van der Waals surface area contributed by atoms with E-state index >= 15 is 4.39 Å². The summed E-state index contributed by atoms with van der Waals surface area (Å²) in [5.41, 5.74) is 1.63. The second-order valence-corrected chi connectivity index (χ2v) is 7.57. The first-order valence-electron chi connectivity index (χ1n) is 9.03. The van der Waals surface area contributed by atoms with Crippen molar-refractivity contribution < 1.29 is 9.18 Å². The molecular weight excluding hydrogens is 347 g/mol. The topological polar surface area (TPSA) is 41.1 Å². The maximum Gasteiger partial charge on any atom is 0.241 e. The summed E-state index contributed by atoms with van der Waals surface area (Å²) in [4.78, 5) is 12.5. The monoisotopic (exact) mass is 368 g/mol. The van der Waals surface area contributed by atoms with Gasteiger partial charge in [-0.05, 0) is 36.9 Å². The van der Waals surface area contributed by atoms with E-state index in [1.165, 1.54) is 0 Å². The van der Waals surface area contributed by atoms with Crippen molar-refractivity contribution in [3.63, 3.8) is 0 Å². The lowest BCUT2D eigenvalue weighted by molar-refractivity contribution is -0.118. The number of carbonyl (C=O) groups excluding carboxylic acids is 1. The van der Waals surface area contributed by atoms with Crippen LogP contribution in [0.2, 0.25) is 0 Å². The number of nitrogens with one attached hydrogen (secondary N) is 2. The molecule has 2 heterocycles. The molecule has 0 spiro atoms. The van der Waals surface area contributed by atoms with Crippen molar-refractivity contribution in [2.75, 3.05) is 11.9 Å². The predicted molar refractivity (Wildman–Crippen MR) is 106 cm³/mol. The van der Waals surface area contributed by atoms with Gasteiger partial charge in [-0.3, -0.25) is 4.79 Å². The van der Waals surface area contributed by atoms with Crippen LogP contribution in [0, 0.1) is 5.82 Å². The Morgan fingerprint density at radius 1 is 1.08 bits per heavy atom. The van der Waals surface area contributed by atoms with Gasteiger partial charge in [0.1, 0.15) is 0 Å². The average Bonchev–Trinajstić information content (AvgIpc) is 2.88. The fraction of sp³-hybridized carbons (Fsp3) is 0.286. The zero-order chi connectivity index (χ0) is 17.9. The number of thiophene rings is 1. The van der Waals surface area contributed by atoms with E-state index in [0.29, 0.717) is 5.56 Å². The van der Waals surface area contributed by atoms with E-state index in [0.717, 1.165) is 47.9 Å². The summed E-state index contributed by atoms with van der Waals surface area (Å²) in [7, 11) is 0. The molecule has 3 nitrogen and oxygen atoms in total. The highest BCUT2D eigenvalue weighted by Crippen LogP contribution is 2.36. The third-order valence-electron chi connectivity index (χ3n) is 4.90. The Kier molecular flexibility index (Phi) is 5.00. The first kappa shape index (κ1) is 17.2. The molecule has 1 aliphatic rings. The quantitative estimate of drug-likeness (QED) is 0.669. The molecule has 0 radical (unpaired) electrons. The van der Waals surface area contributed by atoms with Gasteiger partial charge in [-0.2, -0.15) is 0 Å². The van der Waals surface area contributed by atoms with Gasteiger partial charge in [-0.1, -0.05) is 43.2 Å². The molecule has 134 valence electrons. The van der Waals surface area contributed by atoms with Crippen molar-refractivity contribution >= 4 is 33.0 Å². The van der Waals surface area contributed by atoms with E-state index in [2.05, 4.69) is 10.6 Å². The summed E-state index contributed by atoms with van der Waals surface area (Å²) >= 11 is 1.60. The van der Waals surface area contributed by atoms with Crippen LogP contribution in [-0.2, 0) is 4.79 Å². The van der Waals surface area contributed by atoms with Crippen LogP contribution in [0.5, 0.6) is 0 Å². The first-order chi connectivity index (χ1) is 12.7. The van der Waals surface area contributed by atoms with Crippen LogP contribution < -0.4 is 10.6 Å². The Balaban J connectivity index is 1.62. The Labute approximate surface area is 156 Å². The molecule has 1 saturated heterocycles. The second-order valence-electron chi connectivity index (χ2n) is 6.66. The van der Waals surface area contributed by atoms with Crippen LogP contribution >= 0.6 is 11.3 Å². The molecule has 0 bridgehead atoms. The molecule has 1 aliphatic heterocycles. The number of amides is 1. The molecule has 0 unspecified atom stereocenters. The van der Waals surface area contributed by atoms with Gasteiger partial charge in [0.05, 0.1) is 11.7 Å². The molecule has 1 atom stereocenters. The van der Waals surface area contributed by atoms with E-state index in [9.17, 15) is 4.79 Å². The number of fused-ring (bicyclic) bond motifs is 1. The summed E-state index contributed by atoms with van der Waals surface area (Å²) in [6.45, 7) is 0.835. The van der Waals surface area contributed by atoms with Crippen LogP contribution in [0.1, 0.15) is 25.7 Å². The highest BCUT2D eigenvalue weighted by Gasteiger charge is 2.21. The molecule has 26 heavy (non-hydrogen) atoms. The number of hydrogen-bond donors (Lipinski definition) is 2. The van der Waals surface area contributed by atoms with Gasteiger partial charge in [0.2, 0.25) is 5.91 Å². The van der Waals surface area contributed by atoms with Crippen LogP contribution in [0.15, 0.2) is 47.8 Å². The van der Waals surface area contributed by atoms with Crippen molar-refractivity contribution in [2.24, 2.45) is 0 Å². The molecule has 5 heteroatoms. The van der Waals surface area contributed by atoms with Crippen LogP contribution in [-0.4, -0.2) is 18.5 Å². The van der Waals surface area contributed by atoms with Gasteiger partial charge in [0.15, 0.2) is 5.82 Å². The third kappa shape index (κ3) is 3.37. The number of anilines is 1. The molecular formula is C21H21FN2OS. The molecule has 0 aliphatic carbocycles. The van der Waals surface area contributed by atoms with Gasteiger partial charge in [0, 0.05) is 21.2 Å². The lowest BCUT2D eigenvalue weighted by Crippen LogP contribution is -2.40. The van der Waals surface area contributed by atoms with E-state index in [-0.39, 0.29) is 23.5 Å². The maximum atomic E-state index is 15.1. The lowest BCUT2D eigenvalue weighted by atomic mass is 10.0.